The van der Waals surface area contributed by atoms with Crippen LogP contribution in [0.1, 0.15) is 36.8 Å². The molecule has 0 bridgehead atoms. The molecular weight excluding hydrogens is 290 g/mol. The maximum atomic E-state index is 11.7. The van der Waals surface area contributed by atoms with Crippen molar-refractivity contribution < 1.29 is 4.79 Å². The molecule has 1 aromatic carbocycles. The summed E-state index contributed by atoms with van der Waals surface area (Å²) in [6, 6.07) is 8.05. The third-order valence-electron chi connectivity index (χ3n) is 2.99. The van der Waals surface area contributed by atoms with Gasteiger partial charge in [-0.1, -0.05) is 53.0 Å². The van der Waals surface area contributed by atoms with E-state index in [1.165, 1.54) is 24.8 Å². The van der Waals surface area contributed by atoms with E-state index in [2.05, 4.69) is 21.2 Å². The highest BCUT2D eigenvalue weighted by Crippen LogP contribution is 2.07. The van der Waals surface area contributed by atoms with Gasteiger partial charge in [0.15, 0.2) is 0 Å². The van der Waals surface area contributed by atoms with Crippen LogP contribution in [-0.2, 0) is 11.2 Å². The quantitative estimate of drug-likeness (QED) is 0.576. The molecule has 100 valence electrons. The van der Waals surface area contributed by atoms with Crippen LogP contribution < -0.4 is 5.32 Å². The van der Waals surface area contributed by atoms with Crippen LogP contribution in [0.4, 0.5) is 0 Å². The number of aryl methyl sites for hydroxylation is 1. The van der Waals surface area contributed by atoms with Gasteiger partial charge < -0.3 is 5.32 Å². The van der Waals surface area contributed by atoms with Crippen LogP contribution in [-0.4, -0.2) is 17.8 Å². The van der Waals surface area contributed by atoms with Crippen LogP contribution in [0.15, 0.2) is 24.3 Å². The van der Waals surface area contributed by atoms with E-state index < -0.39 is 0 Å². The Balaban J connectivity index is 2.16. The first-order valence-corrected chi connectivity index (χ1v) is 7.73. The first kappa shape index (κ1) is 15.2. The van der Waals surface area contributed by atoms with Gasteiger partial charge >= 0.3 is 0 Å². The minimum atomic E-state index is 0.129. The Morgan fingerprint density at radius 2 is 1.89 bits per heavy atom. The average molecular weight is 312 g/mol. The van der Waals surface area contributed by atoms with E-state index in [4.69, 9.17) is 0 Å². The molecule has 18 heavy (non-hydrogen) atoms. The van der Waals surface area contributed by atoms with Gasteiger partial charge in [0.25, 0.3) is 0 Å². The van der Waals surface area contributed by atoms with Crippen molar-refractivity contribution in [3.8, 4) is 0 Å². The summed E-state index contributed by atoms with van der Waals surface area (Å²) in [7, 11) is 0. The third-order valence-corrected chi connectivity index (χ3v) is 3.56. The number of carbonyl (C=O) groups is 1. The van der Waals surface area contributed by atoms with Crippen LogP contribution in [0.2, 0.25) is 0 Å². The Bertz CT molecular complexity index is 365. The number of hydrogen-bond acceptors (Lipinski definition) is 1. The van der Waals surface area contributed by atoms with Crippen molar-refractivity contribution in [1.29, 1.82) is 0 Å². The number of hydrogen-bond donors (Lipinski definition) is 1. The first-order chi connectivity index (χ1) is 8.74. The fourth-order valence-corrected chi connectivity index (χ4v) is 2.24. The molecule has 0 saturated heterocycles. The topological polar surface area (TPSA) is 29.1 Å². The van der Waals surface area contributed by atoms with E-state index in [1.54, 1.807) is 0 Å². The predicted octanol–water partition coefficient (Wildman–Crippen LogP) is 3.61. The zero-order valence-electron chi connectivity index (χ0n) is 11.0. The van der Waals surface area contributed by atoms with Crippen LogP contribution >= 0.6 is 15.9 Å². The Morgan fingerprint density at radius 3 is 2.61 bits per heavy atom. The van der Waals surface area contributed by atoms with E-state index in [0.717, 1.165) is 23.9 Å². The Morgan fingerprint density at radius 1 is 1.17 bits per heavy atom. The second kappa shape index (κ2) is 9.15. The molecule has 3 heteroatoms. The van der Waals surface area contributed by atoms with Crippen LogP contribution in [0.25, 0.3) is 0 Å². The van der Waals surface area contributed by atoms with Crippen molar-refractivity contribution in [2.75, 3.05) is 11.9 Å². The molecule has 0 atom stereocenters. The summed E-state index contributed by atoms with van der Waals surface area (Å²) >= 11 is 3.42. The highest BCUT2D eigenvalue weighted by molar-refractivity contribution is 9.09. The summed E-state index contributed by atoms with van der Waals surface area (Å²) in [5.41, 5.74) is 2.30. The number of amides is 1. The summed E-state index contributed by atoms with van der Waals surface area (Å²) in [4.78, 5) is 11.7. The highest BCUT2D eigenvalue weighted by atomic mass is 79.9. The summed E-state index contributed by atoms with van der Waals surface area (Å²) in [5.74, 6) is 0.129. The number of alkyl halides is 1. The average Bonchev–Trinajstić information content (AvgIpc) is 2.36. The largest absolute Gasteiger partial charge is 0.356 e. The van der Waals surface area contributed by atoms with Crippen LogP contribution in [0.5, 0.6) is 0 Å². The maximum absolute atomic E-state index is 11.7. The summed E-state index contributed by atoms with van der Waals surface area (Å²) < 4.78 is 0. The molecule has 1 rings (SSSR count). The molecule has 0 spiro atoms. The number of unbranched alkanes of at least 4 members (excludes halogenated alkanes) is 3. The highest BCUT2D eigenvalue weighted by Gasteiger charge is 2.04. The lowest BCUT2D eigenvalue weighted by atomic mass is 10.1. The number of halogens is 1. The van der Waals surface area contributed by atoms with Gasteiger partial charge in [-0.05, 0) is 30.9 Å². The van der Waals surface area contributed by atoms with Crippen molar-refractivity contribution in [3.05, 3.63) is 35.4 Å². The van der Waals surface area contributed by atoms with Gasteiger partial charge in [-0.2, -0.15) is 0 Å². The molecule has 0 aromatic heterocycles. The standard InChI is InChI=1S/C15H22BrNO/c1-13-8-4-5-9-14(13)12-15(18)17-11-7-3-2-6-10-16/h4-5,8-9H,2-3,6-7,10-12H2,1H3,(H,17,18). The predicted molar refractivity (Wildman–Crippen MR) is 80.2 cm³/mol. The molecule has 0 aliphatic carbocycles. The lowest BCUT2D eigenvalue weighted by molar-refractivity contribution is -0.120. The Hall–Kier alpha value is -0.830. The minimum Gasteiger partial charge on any atom is -0.356 e. The molecule has 0 heterocycles. The molecule has 0 saturated carbocycles. The smallest absolute Gasteiger partial charge is 0.224 e. The molecular formula is C15H22BrNO. The SMILES string of the molecule is Cc1ccccc1CC(=O)NCCCCCCBr. The van der Waals surface area contributed by atoms with Gasteiger partial charge in [0.1, 0.15) is 0 Å². The van der Waals surface area contributed by atoms with E-state index in [1.807, 2.05) is 31.2 Å². The van der Waals surface area contributed by atoms with Gasteiger partial charge in [-0.15, -0.1) is 0 Å². The van der Waals surface area contributed by atoms with Crippen molar-refractivity contribution in [2.24, 2.45) is 0 Å². The number of rotatable bonds is 8. The van der Waals surface area contributed by atoms with Crippen molar-refractivity contribution in [2.45, 2.75) is 39.0 Å². The summed E-state index contributed by atoms with van der Waals surface area (Å²) in [6.07, 6.45) is 5.22. The monoisotopic (exact) mass is 311 g/mol. The molecule has 1 N–H and O–H groups in total. The lowest BCUT2D eigenvalue weighted by Gasteiger charge is -2.07. The lowest BCUT2D eigenvalue weighted by Crippen LogP contribution is -2.26. The number of carbonyl (C=O) groups excluding carboxylic acids is 1. The summed E-state index contributed by atoms with van der Waals surface area (Å²) in [6.45, 7) is 2.84. The Labute approximate surface area is 118 Å². The van der Waals surface area contributed by atoms with Crippen molar-refractivity contribution in [1.82, 2.24) is 5.32 Å². The second-order valence-electron chi connectivity index (χ2n) is 4.56. The fraction of sp³-hybridized carbons (Fsp3) is 0.533. The minimum absolute atomic E-state index is 0.129. The van der Waals surface area contributed by atoms with Crippen molar-refractivity contribution >= 4 is 21.8 Å². The molecule has 0 unspecified atom stereocenters. The molecule has 1 amide bonds. The third kappa shape index (κ3) is 6.20. The van der Waals surface area contributed by atoms with Gasteiger partial charge in [-0.3, -0.25) is 4.79 Å². The van der Waals surface area contributed by atoms with Gasteiger partial charge in [0.05, 0.1) is 6.42 Å². The second-order valence-corrected chi connectivity index (χ2v) is 5.35. The van der Waals surface area contributed by atoms with Gasteiger partial charge in [-0.25, -0.2) is 0 Å². The molecule has 0 radical (unpaired) electrons. The molecule has 2 nitrogen and oxygen atoms in total. The Kier molecular flexibility index (Phi) is 7.74. The normalized spacial score (nSPS) is 10.3. The summed E-state index contributed by atoms with van der Waals surface area (Å²) in [5, 5.41) is 4.06. The van der Waals surface area contributed by atoms with Gasteiger partial charge in [0, 0.05) is 11.9 Å². The van der Waals surface area contributed by atoms with E-state index >= 15 is 0 Å². The van der Waals surface area contributed by atoms with Gasteiger partial charge in [0.2, 0.25) is 5.91 Å². The van der Waals surface area contributed by atoms with Crippen LogP contribution in [0.3, 0.4) is 0 Å². The zero-order valence-corrected chi connectivity index (χ0v) is 12.6. The van der Waals surface area contributed by atoms with Crippen LogP contribution in [0, 0.1) is 6.92 Å². The zero-order chi connectivity index (χ0) is 13.2. The van der Waals surface area contributed by atoms with E-state index in [9.17, 15) is 4.79 Å². The first-order valence-electron chi connectivity index (χ1n) is 6.61. The van der Waals surface area contributed by atoms with E-state index in [-0.39, 0.29) is 5.91 Å². The molecule has 1 aromatic rings. The molecule has 0 fully saturated rings. The molecule has 0 aliphatic rings. The fourth-order valence-electron chi connectivity index (χ4n) is 1.84. The van der Waals surface area contributed by atoms with Crippen molar-refractivity contribution in [3.63, 3.8) is 0 Å². The molecule has 0 aliphatic heterocycles. The number of benzene rings is 1. The van der Waals surface area contributed by atoms with E-state index in [0.29, 0.717) is 6.42 Å². The number of nitrogens with one attached hydrogen (secondary N) is 1. The maximum Gasteiger partial charge on any atom is 0.224 e.